The number of nitrogens with one attached hydrogen (secondary N) is 4. The molecule has 54 heavy (non-hydrogen) atoms. The van der Waals surface area contributed by atoms with Crippen LogP contribution in [0.1, 0.15) is 60.8 Å². The summed E-state index contributed by atoms with van der Waals surface area (Å²) in [6.07, 6.45) is 4.97. The van der Waals surface area contributed by atoms with Gasteiger partial charge in [-0.2, -0.15) is 0 Å². The molecule has 4 N–H and O–H groups in total. The summed E-state index contributed by atoms with van der Waals surface area (Å²) in [4.78, 5) is 26.2. The molecule has 1 heterocycles. The van der Waals surface area contributed by atoms with Gasteiger partial charge >= 0.3 is 11.9 Å². The lowest BCUT2D eigenvalue weighted by Gasteiger charge is -2.22. The highest BCUT2D eigenvalue weighted by atomic mass is 16.5. The Hall–Kier alpha value is -4.86. The average Bonchev–Trinajstić information content (AvgIpc) is 3.22. The Labute approximate surface area is 318 Å². The number of carbonyl (C=O) groups excluding carboxylic acids is 2. The molecule has 0 saturated carbocycles. The molecule has 4 bridgehead atoms. The molecule has 0 fully saturated rings. The topological polar surface area (TPSA) is 101 Å². The summed E-state index contributed by atoms with van der Waals surface area (Å²) in [5.74, 6) is -0.487. The van der Waals surface area contributed by atoms with Crippen LogP contribution in [0.5, 0.6) is 0 Å². The van der Waals surface area contributed by atoms with E-state index in [0.29, 0.717) is 25.9 Å². The molecule has 2 atom stereocenters. The fraction of sp³-hybridized carbons (Fsp3) is 0.348. The number of fused-ring (bicyclic) bond motifs is 6. The molecule has 6 aromatic rings. The van der Waals surface area contributed by atoms with Crippen molar-refractivity contribution in [2.24, 2.45) is 0 Å². The second kappa shape index (κ2) is 18.0. The summed E-state index contributed by atoms with van der Waals surface area (Å²) >= 11 is 0. The first kappa shape index (κ1) is 37.5. The van der Waals surface area contributed by atoms with Gasteiger partial charge in [0.1, 0.15) is 12.1 Å². The van der Waals surface area contributed by atoms with Gasteiger partial charge in [0, 0.05) is 26.2 Å². The van der Waals surface area contributed by atoms with E-state index in [1.165, 1.54) is 46.9 Å². The third-order valence-corrected chi connectivity index (χ3v) is 11.1. The zero-order chi connectivity index (χ0) is 37.3. The van der Waals surface area contributed by atoms with Crippen molar-refractivity contribution in [1.82, 2.24) is 21.3 Å². The van der Waals surface area contributed by atoms with Crippen LogP contribution in [0.3, 0.4) is 0 Å². The molecule has 6 aromatic carbocycles. The molecule has 0 saturated heterocycles. The Morgan fingerprint density at radius 1 is 0.444 bits per heavy atom. The van der Waals surface area contributed by atoms with Gasteiger partial charge in [-0.3, -0.25) is 9.59 Å². The van der Waals surface area contributed by atoms with Crippen LogP contribution >= 0.6 is 0 Å². The monoisotopic (exact) mass is 724 g/mol. The van der Waals surface area contributed by atoms with Crippen LogP contribution in [-0.4, -0.2) is 51.3 Å². The highest BCUT2D eigenvalue weighted by Gasteiger charge is 2.23. The molecule has 0 aromatic heterocycles. The molecule has 280 valence electrons. The second-order valence-electron chi connectivity index (χ2n) is 14.4. The van der Waals surface area contributed by atoms with Crippen LogP contribution in [0, 0.1) is 0 Å². The van der Waals surface area contributed by atoms with E-state index in [-0.39, 0.29) is 11.9 Å². The maximum absolute atomic E-state index is 13.1. The van der Waals surface area contributed by atoms with E-state index in [1.54, 1.807) is 0 Å². The van der Waals surface area contributed by atoms with E-state index in [0.717, 1.165) is 84.5 Å². The van der Waals surface area contributed by atoms with Crippen LogP contribution < -0.4 is 21.3 Å². The largest absolute Gasteiger partial charge is 0.468 e. The van der Waals surface area contributed by atoms with Crippen LogP contribution in [0.25, 0.3) is 43.1 Å². The number of ether oxygens (including phenoxy) is 2. The SMILES string of the molecule is COC(=O)[C@@H]1CCCCNCc2c3ccccc3c(c3ccccc23)CNCCCC[C@@H](C(=O)OC)NCc2c3ccccc3c(c3ccccc23)CN1. The number of methoxy groups -OCH3 is 2. The van der Waals surface area contributed by atoms with Gasteiger partial charge in [0.2, 0.25) is 0 Å². The summed E-state index contributed by atoms with van der Waals surface area (Å²) in [5.41, 5.74) is 4.91. The van der Waals surface area contributed by atoms with Gasteiger partial charge in [-0.15, -0.1) is 0 Å². The zero-order valence-electron chi connectivity index (χ0n) is 31.5. The van der Waals surface area contributed by atoms with Gasteiger partial charge in [-0.1, -0.05) is 110 Å². The maximum Gasteiger partial charge on any atom is 0.322 e. The smallest absolute Gasteiger partial charge is 0.322 e. The number of hydrogen-bond acceptors (Lipinski definition) is 8. The van der Waals surface area contributed by atoms with Crippen LogP contribution in [-0.2, 0) is 45.2 Å². The molecular weight excluding hydrogens is 673 g/mol. The van der Waals surface area contributed by atoms with Crippen molar-refractivity contribution in [3.05, 3.63) is 119 Å². The highest BCUT2D eigenvalue weighted by molar-refractivity contribution is 6.07. The Bertz CT molecular complexity index is 1980. The minimum absolute atomic E-state index is 0.244. The van der Waals surface area contributed by atoms with Crippen molar-refractivity contribution < 1.29 is 19.1 Å². The predicted octanol–water partition coefficient (Wildman–Crippen LogP) is 7.80. The highest BCUT2D eigenvalue weighted by Crippen LogP contribution is 2.35. The van der Waals surface area contributed by atoms with Gasteiger partial charge in [0.05, 0.1) is 14.2 Å². The summed E-state index contributed by atoms with van der Waals surface area (Å²) in [7, 11) is 2.93. The first-order valence-corrected chi connectivity index (χ1v) is 19.4. The second-order valence-corrected chi connectivity index (χ2v) is 14.4. The van der Waals surface area contributed by atoms with Crippen LogP contribution in [0.15, 0.2) is 97.1 Å². The number of rotatable bonds is 2. The minimum atomic E-state index is -0.428. The Kier molecular flexibility index (Phi) is 12.5. The third-order valence-electron chi connectivity index (χ3n) is 11.1. The van der Waals surface area contributed by atoms with Gasteiger partial charge in [0.15, 0.2) is 0 Å². The summed E-state index contributed by atoms with van der Waals surface area (Å²) in [6, 6.07) is 33.5. The molecule has 7 rings (SSSR count). The fourth-order valence-corrected chi connectivity index (χ4v) is 8.35. The molecule has 0 radical (unpaired) electrons. The Morgan fingerprint density at radius 3 is 1.00 bits per heavy atom. The van der Waals surface area contributed by atoms with Gasteiger partial charge in [-0.05, 0) is 104 Å². The lowest BCUT2D eigenvalue weighted by Crippen LogP contribution is -2.38. The number of benzene rings is 6. The molecular formula is C46H52N4O4. The number of esters is 2. The molecule has 1 aliphatic rings. The molecule has 1 aliphatic heterocycles. The first-order valence-electron chi connectivity index (χ1n) is 19.4. The normalized spacial score (nSPS) is 18.6. The average molecular weight is 725 g/mol. The van der Waals surface area contributed by atoms with Crippen molar-refractivity contribution in [1.29, 1.82) is 0 Å². The summed E-state index contributed by atoms with van der Waals surface area (Å²) in [6.45, 7) is 4.25. The lowest BCUT2D eigenvalue weighted by atomic mass is 9.91. The summed E-state index contributed by atoms with van der Waals surface area (Å²) in [5, 5.41) is 24.2. The molecule has 0 unspecified atom stereocenters. The van der Waals surface area contributed by atoms with Gasteiger partial charge in [-0.25, -0.2) is 0 Å². The summed E-state index contributed by atoms with van der Waals surface area (Å²) < 4.78 is 10.6. The van der Waals surface area contributed by atoms with Crippen molar-refractivity contribution in [2.45, 2.75) is 76.8 Å². The Balaban J connectivity index is 1.20. The first-order chi connectivity index (χ1) is 26.6. The van der Waals surface area contributed by atoms with Crippen molar-refractivity contribution in [3.63, 3.8) is 0 Å². The fourth-order valence-electron chi connectivity index (χ4n) is 8.35. The quantitative estimate of drug-likeness (QED) is 0.106. The van der Waals surface area contributed by atoms with Crippen molar-refractivity contribution in [2.75, 3.05) is 27.3 Å². The molecule has 8 nitrogen and oxygen atoms in total. The number of carbonyl (C=O) groups is 2. The predicted molar refractivity (Wildman–Crippen MR) is 219 cm³/mol. The lowest BCUT2D eigenvalue weighted by molar-refractivity contribution is -0.144. The van der Waals surface area contributed by atoms with Crippen LogP contribution in [0.4, 0.5) is 0 Å². The van der Waals surface area contributed by atoms with E-state index < -0.39 is 12.1 Å². The maximum atomic E-state index is 13.1. The van der Waals surface area contributed by atoms with Crippen molar-refractivity contribution in [3.8, 4) is 0 Å². The molecule has 8 heteroatoms. The zero-order valence-corrected chi connectivity index (χ0v) is 31.5. The van der Waals surface area contributed by atoms with Crippen molar-refractivity contribution >= 4 is 55.0 Å². The number of hydrogen-bond donors (Lipinski definition) is 4. The van der Waals surface area contributed by atoms with E-state index in [1.807, 2.05) is 0 Å². The molecule has 0 aliphatic carbocycles. The van der Waals surface area contributed by atoms with Gasteiger partial charge in [0.25, 0.3) is 0 Å². The Morgan fingerprint density at radius 2 is 0.722 bits per heavy atom. The standard InChI is InChI=1S/C46H52N4O4/c1-53-45(51)43-23-11-13-25-47-27-39-31-15-3-5-17-33(31)40(34-18-6-4-16-32(34)39)28-48-26-14-12-24-44(46(52)54-2)50-30-42-37-21-9-7-19-35(37)41(29-49-43)36-20-8-10-22-38(36)42/h3-10,15-22,43-44,47-50H,11-14,23-30H2,1-2H3/t43-,44-/m0/s1. The molecule has 0 amide bonds. The van der Waals surface area contributed by atoms with Crippen LogP contribution in [0.2, 0.25) is 0 Å². The minimum Gasteiger partial charge on any atom is -0.468 e. The molecule has 0 spiro atoms. The van der Waals surface area contributed by atoms with E-state index in [2.05, 4.69) is 118 Å². The van der Waals surface area contributed by atoms with E-state index >= 15 is 0 Å². The van der Waals surface area contributed by atoms with E-state index in [9.17, 15) is 9.59 Å². The van der Waals surface area contributed by atoms with Gasteiger partial charge < -0.3 is 30.7 Å². The van der Waals surface area contributed by atoms with E-state index in [4.69, 9.17) is 9.47 Å². The third kappa shape index (κ3) is 8.12.